The topological polar surface area (TPSA) is 54.0 Å². The van der Waals surface area contributed by atoms with E-state index in [9.17, 15) is 4.79 Å². The molecule has 0 aliphatic carbocycles. The van der Waals surface area contributed by atoms with Gasteiger partial charge in [0.2, 0.25) is 0 Å². The summed E-state index contributed by atoms with van der Waals surface area (Å²) in [4.78, 5) is 16.2. The van der Waals surface area contributed by atoms with Crippen LogP contribution in [0.5, 0.6) is 11.5 Å². The third-order valence-corrected chi connectivity index (χ3v) is 6.36. The molecule has 2 aromatic carbocycles. The Morgan fingerprint density at radius 2 is 1.84 bits per heavy atom. The molecule has 3 heterocycles. The number of carbonyl (C=O) groups is 1. The SMILES string of the molecule is Cc1ccc2c(c1)C=C(C1CNCCN1CCN1CCOC1=O)c1cc(C)ccc1O2. The molecule has 0 bridgehead atoms. The number of ether oxygens (including phenoxy) is 2. The first kappa shape index (κ1) is 20.1. The van der Waals surface area contributed by atoms with Gasteiger partial charge in [0.05, 0.1) is 6.54 Å². The van der Waals surface area contributed by atoms with Crippen molar-refractivity contribution in [2.75, 3.05) is 45.9 Å². The van der Waals surface area contributed by atoms with Crippen molar-refractivity contribution in [1.29, 1.82) is 0 Å². The van der Waals surface area contributed by atoms with Gasteiger partial charge in [-0.15, -0.1) is 0 Å². The zero-order chi connectivity index (χ0) is 21.4. The number of fused-ring (bicyclic) bond motifs is 2. The normalized spacial score (nSPS) is 21.0. The Labute approximate surface area is 183 Å². The number of hydrogen-bond donors (Lipinski definition) is 1. The summed E-state index contributed by atoms with van der Waals surface area (Å²) >= 11 is 0. The summed E-state index contributed by atoms with van der Waals surface area (Å²) in [7, 11) is 0. The van der Waals surface area contributed by atoms with Crippen LogP contribution in [0.2, 0.25) is 0 Å². The van der Waals surface area contributed by atoms with E-state index in [4.69, 9.17) is 9.47 Å². The van der Waals surface area contributed by atoms with Gasteiger partial charge in [0.1, 0.15) is 18.1 Å². The van der Waals surface area contributed by atoms with Crippen LogP contribution >= 0.6 is 0 Å². The van der Waals surface area contributed by atoms with E-state index in [-0.39, 0.29) is 12.1 Å². The second-order valence-electron chi connectivity index (χ2n) is 8.60. The van der Waals surface area contributed by atoms with Crippen LogP contribution in [0, 0.1) is 13.8 Å². The van der Waals surface area contributed by atoms with Gasteiger partial charge in [0.25, 0.3) is 0 Å². The number of carbonyl (C=O) groups excluding carboxylic acids is 1. The highest BCUT2D eigenvalue weighted by atomic mass is 16.6. The fraction of sp³-hybridized carbons (Fsp3) is 0.400. The summed E-state index contributed by atoms with van der Waals surface area (Å²) in [5.74, 6) is 1.79. The molecule has 2 fully saturated rings. The number of aryl methyl sites for hydroxylation is 2. The Morgan fingerprint density at radius 1 is 1.03 bits per heavy atom. The number of piperazine rings is 1. The van der Waals surface area contributed by atoms with Gasteiger partial charge in [-0.25, -0.2) is 4.79 Å². The minimum Gasteiger partial charge on any atom is -0.456 e. The quantitative estimate of drug-likeness (QED) is 0.820. The second kappa shape index (κ2) is 8.36. The highest BCUT2D eigenvalue weighted by molar-refractivity contribution is 5.90. The Hall–Kier alpha value is -2.83. The maximum absolute atomic E-state index is 11.9. The predicted octanol–water partition coefficient (Wildman–Crippen LogP) is 3.68. The first-order chi connectivity index (χ1) is 15.1. The van der Waals surface area contributed by atoms with E-state index in [1.807, 2.05) is 0 Å². The maximum atomic E-state index is 11.9. The maximum Gasteiger partial charge on any atom is 0.409 e. The summed E-state index contributed by atoms with van der Waals surface area (Å²) in [6.07, 6.45) is 2.10. The lowest BCUT2D eigenvalue weighted by molar-refractivity contribution is 0.146. The lowest BCUT2D eigenvalue weighted by Crippen LogP contribution is -2.53. The predicted molar refractivity (Wildman–Crippen MR) is 121 cm³/mol. The van der Waals surface area contributed by atoms with E-state index < -0.39 is 0 Å². The van der Waals surface area contributed by atoms with Gasteiger partial charge in [-0.1, -0.05) is 23.3 Å². The van der Waals surface area contributed by atoms with Crippen molar-refractivity contribution >= 4 is 17.7 Å². The van der Waals surface area contributed by atoms with Crippen molar-refractivity contribution < 1.29 is 14.3 Å². The van der Waals surface area contributed by atoms with Crippen LogP contribution in [0.25, 0.3) is 11.6 Å². The average molecular weight is 420 g/mol. The molecule has 6 nitrogen and oxygen atoms in total. The molecule has 1 atom stereocenters. The van der Waals surface area contributed by atoms with E-state index in [2.05, 4.69) is 66.5 Å². The van der Waals surface area contributed by atoms with Gasteiger partial charge in [-0.05, 0) is 49.8 Å². The number of rotatable bonds is 4. The number of cyclic esters (lactones) is 1. The summed E-state index contributed by atoms with van der Waals surface area (Å²) in [6, 6.07) is 12.9. The molecule has 3 aliphatic heterocycles. The summed E-state index contributed by atoms with van der Waals surface area (Å²) in [5.41, 5.74) is 5.95. The van der Waals surface area contributed by atoms with Crippen molar-refractivity contribution in [3.05, 3.63) is 58.7 Å². The molecule has 0 radical (unpaired) electrons. The molecule has 162 valence electrons. The molecule has 0 aromatic heterocycles. The molecule has 1 N–H and O–H groups in total. The minimum atomic E-state index is -0.195. The molecule has 0 spiro atoms. The smallest absolute Gasteiger partial charge is 0.409 e. The fourth-order valence-corrected chi connectivity index (χ4v) is 4.67. The minimum absolute atomic E-state index is 0.195. The van der Waals surface area contributed by atoms with Crippen LogP contribution in [-0.4, -0.2) is 67.8 Å². The van der Waals surface area contributed by atoms with Crippen molar-refractivity contribution in [2.24, 2.45) is 0 Å². The molecule has 2 aromatic rings. The third-order valence-electron chi connectivity index (χ3n) is 6.36. The van der Waals surface area contributed by atoms with Crippen LogP contribution in [-0.2, 0) is 4.74 Å². The molecular formula is C25H29N3O3. The lowest BCUT2D eigenvalue weighted by atomic mass is 9.92. The van der Waals surface area contributed by atoms with Crippen LogP contribution < -0.4 is 10.1 Å². The number of hydrogen-bond acceptors (Lipinski definition) is 5. The van der Waals surface area contributed by atoms with Gasteiger partial charge in [0, 0.05) is 49.9 Å². The molecule has 1 unspecified atom stereocenters. The Morgan fingerprint density at radius 3 is 2.65 bits per heavy atom. The van der Waals surface area contributed by atoms with Gasteiger partial charge in [-0.2, -0.15) is 0 Å². The molecular weight excluding hydrogens is 390 g/mol. The number of benzene rings is 2. The van der Waals surface area contributed by atoms with E-state index in [0.29, 0.717) is 19.7 Å². The molecule has 3 aliphatic rings. The highest BCUT2D eigenvalue weighted by Gasteiger charge is 2.31. The monoisotopic (exact) mass is 419 g/mol. The molecule has 5 rings (SSSR count). The molecule has 31 heavy (non-hydrogen) atoms. The van der Waals surface area contributed by atoms with E-state index in [1.165, 1.54) is 16.7 Å². The lowest BCUT2D eigenvalue weighted by Gasteiger charge is -2.38. The van der Waals surface area contributed by atoms with Crippen molar-refractivity contribution in [2.45, 2.75) is 19.9 Å². The largest absolute Gasteiger partial charge is 0.456 e. The van der Waals surface area contributed by atoms with E-state index in [0.717, 1.165) is 48.8 Å². The van der Waals surface area contributed by atoms with Crippen molar-refractivity contribution in [3.63, 3.8) is 0 Å². The first-order valence-corrected chi connectivity index (χ1v) is 11.1. The van der Waals surface area contributed by atoms with Gasteiger partial charge >= 0.3 is 6.09 Å². The fourth-order valence-electron chi connectivity index (χ4n) is 4.67. The van der Waals surface area contributed by atoms with Crippen LogP contribution in [0.15, 0.2) is 36.4 Å². The average Bonchev–Trinajstić information content (AvgIpc) is 3.11. The second-order valence-corrected chi connectivity index (χ2v) is 8.60. The number of nitrogens with one attached hydrogen (secondary N) is 1. The first-order valence-electron chi connectivity index (χ1n) is 11.1. The van der Waals surface area contributed by atoms with Crippen LogP contribution in [0.3, 0.4) is 0 Å². The van der Waals surface area contributed by atoms with Crippen LogP contribution in [0.4, 0.5) is 4.79 Å². The van der Waals surface area contributed by atoms with Crippen LogP contribution in [0.1, 0.15) is 22.3 Å². The number of amides is 1. The van der Waals surface area contributed by atoms with Crippen molar-refractivity contribution in [3.8, 4) is 11.5 Å². The molecule has 2 saturated heterocycles. The standard InChI is InChI=1S/C25H29N3O3/c1-17-3-5-23-19(13-17)15-20(21-14-18(2)4-6-24(21)31-23)22-16-26-7-8-27(22)9-10-28-11-12-30-25(28)29/h3-6,13-15,22,26H,7-12,16H2,1-2H3. The van der Waals surface area contributed by atoms with Gasteiger partial charge in [0.15, 0.2) is 0 Å². The van der Waals surface area contributed by atoms with Gasteiger partial charge in [-0.3, -0.25) is 4.90 Å². The highest BCUT2D eigenvalue weighted by Crippen LogP contribution is 2.41. The zero-order valence-electron chi connectivity index (χ0n) is 18.2. The molecule has 1 amide bonds. The molecule has 6 heteroatoms. The third kappa shape index (κ3) is 4.05. The van der Waals surface area contributed by atoms with Crippen molar-refractivity contribution in [1.82, 2.24) is 15.1 Å². The zero-order valence-corrected chi connectivity index (χ0v) is 18.2. The summed E-state index contributed by atoms with van der Waals surface area (Å²) < 4.78 is 11.5. The van der Waals surface area contributed by atoms with E-state index in [1.54, 1.807) is 4.90 Å². The number of nitrogens with zero attached hydrogens (tertiary/aromatic N) is 2. The Balaban J connectivity index is 1.51. The Bertz CT molecular complexity index is 1030. The Kier molecular flexibility index (Phi) is 5.42. The van der Waals surface area contributed by atoms with E-state index >= 15 is 0 Å². The summed E-state index contributed by atoms with van der Waals surface area (Å²) in [5, 5.41) is 3.57. The summed E-state index contributed by atoms with van der Waals surface area (Å²) in [6.45, 7) is 9.67. The molecule has 0 saturated carbocycles. The van der Waals surface area contributed by atoms with Gasteiger partial charge < -0.3 is 19.7 Å².